The van der Waals surface area contributed by atoms with Gasteiger partial charge in [-0.15, -0.1) is 11.3 Å². The summed E-state index contributed by atoms with van der Waals surface area (Å²) in [6, 6.07) is 7.98. The lowest BCUT2D eigenvalue weighted by atomic mass is 10.0. The fraction of sp³-hybridized carbons (Fsp3) is 0.133. The molecule has 1 aliphatic rings. The van der Waals surface area contributed by atoms with E-state index >= 15 is 0 Å². The highest BCUT2D eigenvalue weighted by molar-refractivity contribution is 7.15. The highest BCUT2D eigenvalue weighted by Crippen LogP contribution is 2.38. The number of para-hydroxylation sites is 1. The van der Waals surface area contributed by atoms with Gasteiger partial charge in [0.2, 0.25) is 5.88 Å². The van der Waals surface area contributed by atoms with Gasteiger partial charge in [-0.25, -0.2) is 15.0 Å². The van der Waals surface area contributed by atoms with Crippen LogP contribution >= 0.6 is 11.3 Å². The Morgan fingerprint density at radius 3 is 2.95 bits per heavy atom. The molecule has 1 N–H and O–H groups in total. The Balaban J connectivity index is 1.72. The fourth-order valence-corrected chi connectivity index (χ4v) is 2.97. The maximum absolute atomic E-state index is 5.85. The van der Waals surface area contributed by atoms with Crippen molar-refractivity contribution in [2.45, 2.75) is 13.3 Å². The average molecular weight is 296 g/mol. The molecule has 5 nitrogen and oxygen atoms in total. The van der Waals surface area contributed by atoms with Gasteiger partial charge in [-0.2, -0.15) is 0 Å². The first-order valence-electron chi connectivity index (χ1n) is 6.59. The topological polar surface area (TPSA) is 59.9 Å². The summed E-state index contributed by atoms with van der Waals surface area (Å²) >= 11 is 1.60. The number of hydrogen-bond acceptors (Lipinski definition) is 6. The summed E-state index contributed by atoms with van der Waals surface area (Å²) in [6.07, 6.45) is 4.10. The molecule has 0 saturated carbocycles. The van der Waals surface area contributed by atoms with E-state index in [9.17, 15) is 0 Å². The van der Waals surface area contributed by atoms with Gasteiger partial charge >= 0.3 is 0 Å². The molecule has 6 heteroatoms. The van der Waals surface area contributed by atoms with Crippen LogP contribution < -0.4 is 10.1 Å². The van der Waals surface area contributed by atoms with Crippen LogP contribution in [-0.4, -0.2) is 15.0 Å². The lowest BCUT2D eigenvalue weighted by Crippen LogP contribution is -2.09. The Hall–Kier alpha value is -2.47. The second kappa shape index (κ2) is 4.82. The molecule has 104 valence electrons. The molecule has 1 aliphatic heterocycles. The zero-order valence-electron chi connectivity index (χ0n) is 11.3. The molecule has 3 heterocycles. The van der Waals surface area contributed by atoms with Crippen molar-refractivity contribution in [1.82, 2.24) is 15.0 Å². The molecular formula is C15H12N4OS. The van der Waals surface area contributed by atoms with Gasteiger partial charge in [0.05, 0.1) is 5.56 Å². The van der Waals surface area contributed by atoms with Crippen LogP contribution in [0.2, 0.25) is 0 Å². The number of rotatable bonds is 2. The maximum atomic E-state index is 5.85. The van der Waals surface area contributed by atoms with E-state index in [1.54, 1.807) is 11.3 Å². The average Bonchev–Trinajstić information content (AvgIpc) is 2.91. The Morgan fingerprint density at radius 2 is 2.10 bits per heavy atom. The van der Waals surface area contributed by atoms with E-state index in [0.717, 1.165) is 39.1 Å². The van der Waals surface area contributed by atoms with Gasteiger partial charge in [0, 0.05) is 17.5 Å². The quantitative estimate of drug-likeness (QED) is 0.611. The molecular weight excluding hydrogens is 284 g/mol. The van der Waals surface area contributed by atoms with Crippen molar-refractivity contribution in [2.75, 3.05) is 5.32 Å². The van der Waals surface area contributed by atoms with E-state index < -0.39 is 0 Å². The number of fused-ring (bicyclic) bond motifs is 2. The monoisotopic (exact) mass is 296 g/mol. The molecule has 0 bridgehead atoms. The van der Waals surface area contributed by atoms with E-state index in [4.69, 9.17) is 4.74 Å². The second-order valence-electron chi connectivity index (χ2n) is 4.79. The molecule has 0 fully saturated rings. The number of aryl methyl sites for hydroxylation is 1. The van der Waals surface area contributed by atoms with Crippen LogP contribution in [0.1, 0.15) is 16.0 Å². The molecule has 3 aromatic rings. The third kappa shape index (κ3) is 2.23. The van der Waals surface area contributed by atoms with E-state index in [1.807, 2.05) is 31.3 Å². The predicted octanol–water partition coefficient (Wildman–Crippen LogP) is 3.68. The summed E-state index contributed by atoms with van der Waals surface area (Å²) in [7, 11) is 0. The summed E-state index contributed by atoms with van der Waals surface area (Å²) in [4.78, 5) is 14.0. The normalized spacial score (nSPS) is 12.2. The van der Waals surface area contributed by atoms with E-state index in [2.05, 4.69) is 26.3 Å². The molecule has 0 radical (unpaired) electrons. The van der Waals surface area contributed by atoms with E-state index in [1.165, 1.54) is 6.33 Å². The Kier molecular flexibility index (Phi) is 2.82. The molecule has 0 atom stereocenters. The third-order valence-corrected chi connectivity index (χ3v) is 4.13. The van der Waals surface area contributed by atoms with Crippen LogP contribution in [0, 0.1) is 6.92 Å². The first kappa shape index (κ1) is 12.3. The molecule has 2 aromatic heterocycles. The number of anilines is 2. The van der Waals surface area contributed by atoms with Crippen LogP contribution in [0.15, 0.2) is 36.8 Å². The van der Waals surface area contributed by atoms with Gasteiger partial charge < -0.3 is 10.1 Å². The van der Waals surface area contributed by atoms with Crippen LogP contribution in [0.4, 0.5) is 10.9 Å². The highest BCUT2D eigenvalue weighted by Gasteiger charge is 2.21. The Labute approximate surface area is 125 Å². The van der Waals surface area contributed by atoms with Gasteiger partial charge in [0.25, 0.3) is 0 Å². The Morgan fingerprint density at radius 1 is 1.19 bits per heavy atom. The van der Waals surface area contributed by atoms with E-state index in [-0.39, 0.29) is 0 Å². The van der Waals surface area contributed by atoms with Crippen molar-refractivity contribution in [3.8, 4) is 11.6 Å². The number of aromatic nitrogens is 3. The number of hydrogen-bond donors (Lipinski definition) is 1. The minimum atomic E-state index is 0.611. The molecule has 0 unspecified atom stereocenters. The summed E-state index contributed by atoms with van der Waals surface area (Å²) in [5.74, 6) is 2.23. The number of nitrogens with zero attached hydrogens (tertiary/aromatic N) is 3. The first-order chi connectivity index (χ1) is 10.3. The van der Waals surface area contributed by atoms with Crippen molar-refractivity contribution < 1.29 is 4.74 Å². The summed E-state index contributed by atoms with van der Waals surface area (Å²) in [6.45, 7) is 2.03. The SMILES string of the molecule is Cc1cnc(Nc2ncnc3c2Cc2ccccc2O3)s1. The smallest absolute Gasteiger partial charge is 0.227 e. The minimum absolute atomic E-state index is 0.611. The molecule has 0 saturated heterocycles. The van der Waals surface area contributed by atoms with Gasteiger partial charge in [-0.3, -0.25) is 0 Å². The van der Waals surface area contributed by atoms with Gasteiger partial charge in [0.15, 0.2) is 5.13 Å². The number of benzene rings is 1. The number of ether oxygens (including phenoxy) is 1. The lowest BCUT2D eigenvalue weighted by molar-refractivity contribution is 0.439. The van der Waals surface area contributed by atoms with Crippen molar-refractivity contribution in [2.24, 2.45) is 0 Å². The van der Waals surface area contributed by atoms with Crippen molar-refractivity contribution in [3.63, 3.8) is 0 Å². The molecule has 0 spiro atoms. The fourth-order valence-electron chi connectivity index (χ4n) is 2.31. The zero-order valence-corrected chi connectivity index (χ0v) is 12.1. The molecule has 0 aliphatic carbocycles. The van der Waals surface area contributed by atoms with Crippen molar-refractivity contribution >= 4 is 22.3 Å². The summed E-state index contributed by atoms with van der Waals surface area (Å²) in [5, 5.41) is 4.09. The second-order valence-corrected chi connectivity index (χ2v) is 6.03. The minimum Gasteiger partial charge on any atom is -0.438 e. The van der Waals surface area contributed by atoms with Crippen molar-refractivity contribution in [3.05, 3.63) is 52.8 Å². The maximum Gasteiger partial charge on any atom is 0.227 e. The van der Waals surface area contributed by atoms with Crippen molar-refractivity contribution in [1.29, 1.82) is 0 Å². The molecule has 1 aromatic carbocycles. The summed E-state index contributed by atoms with van der Waals surface area (Å²) in [5.41, 5.74) is 2.10. The van der Waals surface area contributed by atoms with Crippen LogP contribution in [0.5, 0.6) is 11.6 Å². The third-order valence-electron chi connectivity index (χ3n) is 3.30. The van der Waals surface area contributed by atoms with Gasteiger partial charge in [-0.1, -0.05) is 18.2 Å². The highest BCUT2D eigenvalue weighted by atomic mass is 32.1. The first-order valence-corrected chi connectivity index (χ1v) is 7.40. The van der Waals surface area contributed by atoms with Gasteiger partial charge in [0.1, 0.15) is 17.9 Å². The molecule has 0 amide bonds. The largest absolute Gasteiger partial charge is 0.438 e. The standard InChI is InChI=1S/C15H12N4OS/c1-9-7-16-15(21-9)19-13-11-6-10-4-2-3-5-12(10)20-14(11)18-8-17-13/h2-5,7-8H,6H2,1H3,(H,16,17,18,19). The lowest BCUT2D eigenvalue weighted by Gasteiger charge is -2.20. The zero-order chi connectivity index (χ0) is 14.2. The number of thiazole rings is 1. The summed E-state index contributed by atoms with van der Waals surface area (Å²) < 4.78 is 5.85. The molecule has 4 rings (SSSR count). The van der Waals surface area contributed by atoms with Crippen LogP contribution in [-0.2, 0) is 6.42 Å². The van der Waals surface area contributed by atoms with Crippen LogP contribution in [0.25, 0.3) is 0 Å². The van der Waals surface area contributed by atoms with Gasteiger partial charge in [-0.05, 0) is 18.6 Å². The van der Waals surface area contributed by atoms with Crippen LogP contribution in [0.3, 0.4) is 0 Å². The predicted molar refractivity (Wildman–Crippen MR) is 81.5 cm³/mol. The van der Waals surface area contributed by atoms with E-state index in [0.29, 0.717) is 5.88 Å². The molecule has 21 heavy (non-hydrogen) atoms. The number of nitrogens with one attached hydrogen (secondary N) is 1. The Bertz CT molecular complexity index is 815.